The number of hydrogen-bond acceptors (Lipinski definition) is 2. The zero-order chi connectivity index (χ0) is 13.2. The molecule has 2 aromatic carbocycles. The lowest BCUT2D eigenvalue weighted by atomic mass is 10.1. The number of hydrogen-bond donors (Lipinski definition) is 2. The van der Waals surface area contributed by atoms with Gasteiger partial charge in [-0.15, -0.1) is 0 Å². The van der Waals surface area contributed by atoms with Crippen molar-refractivity contribution in [3.8, 4) is 0 Å². The second-order valence-electron chi connectivity index (χ2n) is 4.61. The molecular formula is C15H14ClIN2. The third kappa shape index (κ3) is 2.82. The monoisotopic (exact) mass is 384 g/mol. The number of halogens is 2. The van der Waals surface area contributed by atoms with E-state index >= 15 is 0 Å². The summed E-state index contributed by atoms with van der Waals surface area (Å²) in [4.78, 5) is 0. The Hall–Kier alpha value is -0.940. The van der Waals surface area contributed by atoms with Crippen LogP contribution in [0.15, 0.2) is 36.4 Å². The molecule has 0 spiro atoms. The number of fused-ring (bicyclic) bond motifs is 1. The van der Waals surface area contributed by atoms with Gasteiger partial charge in [-0.3, -0.25) is 0 Å². The first-order chi connectivity index (χ1) is 9.24. The highest BCUT2D eigenvalue weighted by Gasteiger charge is 2.13. The maximum Gasteiger partial charge on any atom is 0.0479 e. The smallest absolute Gasteiger partial charge is 0.0479 e. The van der Waals surface area contributed by atoms with E-state index in [9.17, 15) is 0 Å². The summed E-state index contributed by atoms with van der Waals surface area (Å²) in [5.41, 5.74) is 5.17. The van der Waals surface area contributed by atoms with Gasteiger partial charge in [0.15, 0.2) is 0 Å². The molecule has 0 unspecified atom stereocenters. The molecule has 2 aromatic rings. The van der Waals surface area contributed by atoms with E-state index in [1.54, 1.807) is 0 Å². The van der Waals surface area contributed by atoms with Crippen molar-refractivity contribution in [1.82, 2.24) is 0 Å². The predicted molar refractivity (Wildman–Crippen MR) is 90.1 cm³/mol. The fourth-order valence-corrected chi connectivity index (χ4v) is 3.44. The van der Waals surface area contributed by atoms with Crippen LogP contribution in [0.1, 0.15) is 11.1 Å². The minimum atomic E-state index is 0.775. The van der Waals surface area contributed by atoms with Crippen molar-refractivity contribution in [2.24, 2.45) is 0 Å². The van der Waals surface area contributed by atoms with E-state index in [4.69, 9.17) is 11.6 Å². The zero-order valence-electron chi connectivity index (χ0n) is 10.3. The number of para-hydroxylation sites is 1. The van der Waals surface area contributed by atoms with Gasteiger partial charge in [-0.2, -0.15) is 0 Å². The lowest BCUT2D eigenvalue weighted by Gasteiger charge is -2.12. The van der Waals surface area contributed by atoms with Crippen LogP contribution in [-0.2, 0) is 13.0 Å². The number of benzene rings is 2. The average Bonchev–Trinajstić information content (AvgIpc) is 2.86. The number of anilines is 2. The van der Waals surface area contributed by atoms with E-state index in [0.29, 0.717) is 0 Å². The first-order valence-corrected chi connectivity index (χ1v) is 7.73. The van der Waals surface area contributed by atoms with Crippen molar-refractivity contribution >= 4 is 45.6 Å². The maximum absolute atomic E-state index is 5.97. The zero-order valence-corrected chi connectivity index (χ0v) is 13.3. The van der Waals surface area contributed by atoms with Crippen molar-refractivity contribution in [2.45, 2.75) is 13.0 Å². The molecule has 2 N–H and O–H groups in total. The molecule has 1 heterocycles. The summed E-state index contributed by atoms with van der Waals surface area (Å²) >= 11 is 8.27. The van der Waals surface area contributed by atoms with E-state index in [0.717, 1.165) is 33.8 Å². The van der Waals surface area contributed by atoms with Gasteiger partial charge in [-0.05, 0) is 58.3 Å². The number of nitrogens with one attached hydrogen (secondary N) is 2. The molecule has 19 heavy (non-hydrogen) atoms. The Morgan fingerprint density at radius 1 is 1.26 bits per heavy atom. The van der Waals surface area contributed by atoms with Gasteiger partial charge in [0.05, 0.1) is 0 Å². The molecule has 0 saturated carbocycles. The quantitative estimate of drug-likeness (QED) is 0.760. The standard InChI is InChI=1S/C15H14ClIN2/c16-12-4-5-14(13(17)8-12)19-9-11-3-1-2-10-6-7-18-15(10)11/h1-5,8,18-19H,6-7,9H2. The summed E-state index contributed by atoms with van der Waals surface area (Å²) in [7, 11) is 0. The SMILES string of the molecule is Clc1ccc(NCc2cccc3c2NCC3)c(I)c1. The van der Waals surface area contributed by atoms with Gasteiger partial charge in [0.2, 0.25) is 0 Å². The van der Waals surface area contributed by atoms with Gasteiger partial charge in [-0.1, -0.05) is 29.8 Å². The van der Waals surface area contributed by atoms with Crippen LogP contribution < -0.4 is 10.6 Å². The predicted octanol–water partition coefficient (Wildman–Crippen LogP) is 4.52. The first kappa shape index (κ1) is 13.1. The van der Waals surface area contributed by atoms with Crippen LogP contribution in [0.25, 0.3) is 0 Å². The summed E-state index contributed by atoms with van der Waals surface area (Å²) in [6.45, 7) is 1.87. The topological polar surface area (TPSA) is 24.1 Å². The second-order valence-corrected chi connectivity index (χ2v) is 6.20. The van der Waals surface area contributed by atoms with Crippen LogP contribution in [0.3, 0.4) is 0 Å². The molecule has 0 aliphatic carbocycles. The van der Waals surface area contributed by atoms with Gasteiger partial charge in [0.25, 0.3) is 0 Å². The molecule has 2 nitrogen and oxygen atoms in total. The van der Waals surface area contributed by atoms with E-state index in [1.807, 2.05) is 18.2 Å². The van der Waals surface area contributed by atoms with Crippen LogP contribution >= 0.6 is 34.2 Å². The van der Waals surface area contributed by atoms with Gasteiger partial charge >= 0.3 is 0 Å². The van der Waals surface area contributed by atoms with E-state index in [-0.39, 0.29) is 0 Å². The minimum Gasteiger partial charge on any atom is -0.384 e. The first-order valence-electron chi connectivity index (χ1n) is 6.27. The molecule has 0 bridgehead atoms. The van der Waals surface area contributed by atoms with E-state index < -0.39 is 0 Å². The van der Waals surface area contributed by atoms with Crippen LogP contribution in [0, 0.1) is 3.57 Å². The average molecular weight is 385 g/mol. The highest BCUT2D eigenvalue weighted by molar-refractivity contribution is 14.1. The normalized spacial score (nSPS) is 12.9. The van der Waals surface area contributed by atoms with Crippen LogP contribution in [-0.4, -0.2) is 6.54 Å². The van der Waals surface area contributed by atoms with Gasteiger partial charge < -0.3 is 10.6 Å². The molecule has 0 amide bonds. The maximum atomic E-state index is 5.97. The molecule has 98 valence electrons. The Balaban J connectivity index is 1.78. The highest BCUT2D eigenvalue weighted by atomic mass is 127. The van der Waals surface area contributed by atoms with Crippen LogP contribution in [0.2, 0.25) is 5.02 Å². The molecular weight excluding hydrogens is 371 g/mol. The molecule has 1 aliphatic rings. The molecule has 3 rings (SSSR count). The minimum absolute atomic E-state index is 0.775. The summed E-state index contributed by atoms with van der Waals surface area (Å²) in [6.07, 6.45) is 1.13. The molecule has 0 fully saturated rings. The Morgan fingerprint density at radius 2 is 2.16 bits per heavy atom. The van der Waals surface area contributed by atoms with Crippen molar-refractivity contribution in [1.29, 1.82) is 0 Å². The van der Waals surface area contributed by atoms with Gasteiger partial charge in [0.1, 0.15) is 0 Å². The molecule has 0 saturated heterocycles. The van der Waals surface area contributed by atoms with Crippen molar-refractivity contribution in [3.63, 3.8) is 0 Å². The largest absolute Gasteiger partial charge is 0.384 e. The summed E-state index contributed by atoms with van der Waals surface area (Å²) in [5, 5.41) is 7.72. The lowest BCUT2D eigenvalue weighted by molar-refractivity contribution is 1.11. The Bertz CT molecular complexity index is 613. The molecule has 4 heteroatoms. The third-order valence-electron chi connectivity index (χ3n) is 3.33. The van der Waals surface area contributed by atoms with Crippen LogP contribution in [0.5, 0.6) is 0 Å². The lowest BCUT2D eigenvalue weighted by Crippen LogP contribution is -2.04. The van der Waals surface area contributed by atoms with Crippen molar-refractivity contribution in [2.75, 3.05) is 17.2 Å². The molecule has 0 atom stereocenters. The van der Waals surface area contributed by atoms with E-state index in [2.05, 4.69) is 51.4 Å². The Labute approximate surface area is 131 Å². The Morgan fingerprint density at radius 3 is 3.00 bits per heavy atom. The molecule has 0 aromatic heterocycles. The highest BCUT2D eigenvalue weighted by Crippen LogP contribution is 2.28. The number of rotatable bonds is 3. The van der Waals surface area contributed by atoms with Crippen molar-refractivity contribution in [3.05, 3.63) is 56.1 Å². The summed E-state index contributed by atoms with van der Waals surface area (Å²) < 4.78 is 1.14. The third-order valence-corrected chi connectivity index (χ3v) is 4.46. The summed E-state index contributed by atoms with van der Waals surface area (Å²) in [6, 6.07) is 12.4. The van der Waals surface area contributed by atoms with Gasteiger partial charge in [0, 0.05) is 33.1 Å². The second kappa shape index (κ2) is 5.59. The van der Waals surface area contributed by atoms with Gasteiger partial charge in [-0.25, -0.2) is 0 Å². The Kier molecular flexibility index (Phi) is 3.84. The fraction of sp³-hybridized carbons (Fsp3) is 0.200. The van der Waals surface area contributed by atoms with Crippen molar-refractivity contribution < 1.29 is 0 Å². The van der Waals surface area contributed by atoms with E-state index in [1.165, 1.54) is 16.8 Å². The summed E-state index contributed by atoms with van der Waals surface area (Å²) in [5.74, 6) is 0. The molecule has 0 radical (unpaired) electrons. The molecule has 1 aliphatic heterocycles. The van der Waals surface area contributed by atoms with Crippen LogP contribution in [0.4, 0.5) is 11.4 Å². The fourth-order valence-electron chi connectivity index (χ4n) is 2.38.